The van der Waals surface area contributed by atoms with Gasteiger partial charge < -0.3 is 10.1 Å². The quantitative estimate of drug-likeness (QED) is 0.393. The van der Waals surface area contributed by atoms with Crippen molar-refractivity contribution in [3.05, 3.63) is 82.9 Å². The Morgan fingerprint density at radius 1 is 0.941 bits per heavy atom. The van der Waals surface area contributed by atoms with Crippen LogP contribution in [0.2, 0.25) is 5.02 Å². The van der Waals surface area contributed by atoms with Gasteiger partial charge in [-0.05, 0) is 72.6 Å². The Balaban J connectivity index is 1.56. The maximum absolute atomic E-state index is 12.6. The molecule has 0 aliphatic carbocycles. The standard InChI is InChI=1S/C22H22ClN3O6S2/c1-15-12-20(34(30,31)26-18-6-4-17(23)5-7-18)10-11-21(15)32-14-22(27)25-13-16-2-8-19(9-3-16)33(24,28)29/h2-12,26H,13-14H2,1H3,(H,25,27)(H2,24,28,29). The second kappa shape index (κ2) is 10.4. The molecule has 0 saturated heterocycles. The zero-order chi connectivity index (χ0) is 24.9. The van der Waals surface area contributed by atoms with Crippen LogP contribution >= 0.6 is 11.6 Å². The fraction of sp³-hybridized carbons (Fsp3) is 0.136. The molecule has 0 aliphatic rings. The molecule has 0 atom stereocenters. The molecule has 0 radical (unpaired) electrons. The Morgan fingerprint density at radius 3 is 2.15 bits per heavy atom. The van der Waals surface area contributed by atoms with E-state index < -0.39 is 26.0 Å². The highest BCUT2D eigenvalue weighted by molar-refractivity contribution is 7.92. The summed E-state index contributed by atoms with van der Waals surface area (Å²) >= 11 is 5.82. The van der Waals surface area contributed by atoms with E-state index in [1.165, 1.54) is 30.3 Å². The molecule has 0 fully saturated rings. The maximum atomic E-state index is 12.6. The SMILES string of the molecule is Cc1cc(S(=O)(=O)Nc2ccc(Cl)cc2)ccc1OCC(=O)NCc1ccc(S(N)(=O)=O)cc1. The second-order valence-corrected chi connectivity index (χ2v) is 11.0. The summed E-state index contributed by atoms with van der Waals surface area (Å²) < 4.78 is 55.8. The van der Waals surface area contributed by atoms with Gasteiger partial charge in [0.25, 0.3) is 15.9 Å². The highest BCUT2D eigenvalue weighted by Gasteiger charge is 2.16. The van der Waals surface area contributed by atoms with E-state index in [0.29, 0.717) is 27.6 Å². The van der Waals surface area contributed by atoms with Gasteiger partial charge in [0.15, 0.2) is 6.61 Å². The summed E-state index contributed by atoms with van der Waals surface area (Å²) in [6.07, 6.45) is 0. The minimum Gasteiger partial charge on any atom is -0.484 e. The third-order valence-electron chi connectivity index (χ3n) is 4.65. The summed E-state index contributed by atoms with van der Waals surface area (Å²) in [5, 5.41) is 8.20. The van der Waals surface area contributed by atoms with E-state index in [4.69, 9.17) is 21.5 Å². The van der Waals surface area contributed by atoms with Crippen LogP contribution in [0.1, 0.15) is 11.1 Å². The number of anilines is 1. The lowest BCUT2D eigenvalue weighted by atomic mass is 10.2. The van der Waals surface area contributed by atoms with Crippen molar-refractivity contribution >= 4 is 43.2 Å². The number of primary sulfonamides is 1. The number of hydrogen-bond acceptors (Lipinski definition) is 6. The molecule has 0 spiro atoms. The van der Waals surface area contributed by atoms with E-state index >= 15 is 0 Å². The average molecular weight is 524 g/mol. The predicted octanol–water partition coefficient (Wildman–Crippen LogP) is 2.79. The molecule has 0 aromatic heterocycles. The molecule has 0 saturated carbocycles. The molecular weight excluding hydrogens is 502 g/mol. The number of carbonyl (C=O) groups excluding carboxylic acids is 1. The number of hydrogen-bond donors (Lipinski definition) is 3. The number of halogens is 1. The summed E-state index contributed by atoms with van der Waals surface area (Å²) in [7, 11) is -7.60. The second-order valence-electron chi connectivity index (χ2n) is 7.29. The number of carbonyl (C=O) groups is 1. The van der Waals surface area contributed by atoms with E-state index in [1.54, 1.807) is 43.3 Å². The van der Waals surface area contributed by atoms with Crippen LogP contribution in [0.25, 0.3) is 0 Å². The van der Waals surface area contributed by atoms with Gasteiger partial charge in [0.1, 0.15) is 5.75 Å². The van der Waals surface area contributed by atoms with Crippen LogP contribution in [0, 0.1) is 6.92 Å². The topological polar surface area (TPSA) is 145 Å². The fourth-order valence-electron chi connectivity index (χ4n) is 2.87. The van der Waals surface area contributed by atoms with Crippen molar-refractivity contribution < 1.29 is 26.4 Å². The molecule has 3 rings (SSSR count). The molecule has 9 nitrogen and oxygen atoms in total. The Morgan fingerprint density at radius 2 is 1.56 bits per heavy atom. The van der Waals surface area contributed by atoms with Crippen LogP contribution in [0.15, 0.2) is 76.5 Å². The zero-order valence-electron chi connectivity index (χ0n) is 18.0. The lowest BCUT2D eigenvalue weighted by molar-refractivity contribution is -0.123. The van der Waals surface area contributed by atoms with Crippen LogP contribution < -0.4 is 19.9 Å². The summed E-state index contributed by atoms with van der Waals surface area (Å²) in [4.78, 5) is 12.1. The van der Waals surface area contributed by atoms with E-state index in [2.05, 4.69) is 10.0 Å². The number of nitrogens with two attached hydrogens (primary N) is 1. The van der Waals surface area contributed by atoms with Gasteiger partial charge in [-0.15, -0.1) is 0 Å². The normalized spacial score (nSPS) is 11.6. The summed E-state index contributed by atoms with van der Waals surface area (Å²) in [5.41, 5.74) is 1.59. The van der Waals surface area contributed by atoms with Crippen molar-refractivity contribution in [2.24, 2.45) is 5.14 Å². The van der Waals surface area contributed by atoms with Gasteiger partial charge in [0.2, 0.25) is 10.0 Å². The van der Waals surface area contributed by atoms with Gasteiger partial charge in [-0.2, -0.15) is 0 Å². The summed E-state index contributed by atoms with van der Waals surface area (Å²) in [6, 6.07) is 16.4. The molecule has 0 aliphatic heterocycles. The minimum absolute atomic E-state index is 0.0183. The van der Waals surface area contributed by atoms with Crippen molar-refractivity contribution in [2.75, 3.05) is 11.3 Å². The Bertz CT molecular complexity index is 1390. The molecule has 3 aromatic carbocycles. The molecule has 0 unspecified atom stereocenters. The number of benzene rings is 3. The minimum atomic E-state index is -3.82. The molecular formula is C22H22ClN3O6S2. The molecule has 3 aromatic rings. The molecule has 4 N–H and O–H groups in total. The van der Waals surface area contributed by atoms with E-state index in [9.17, 15) is 21.6 Å². The fourth-order valence-corrected chi connectivity index (χ4v) is 4.66. The van der Waals surface area contributed by atoms with E-state index in [0.717, 1.165) is 0 Å². The largest absolute Gasteiger partial charge is 0.484 e. The number of sulfonamides is 2. The Kier molecular flexibility index (Phi) is 7.82. The van der Waals surface area contributed by atoms with Gasteiger partial charge in [0.05, 0.1) is 9.79 Å². The van der Waals surface area contributed by atoms with Crippen molar-refractivity contribution in [3.8, 4) is 5.75 Å². The lowest BCUT2D eigenvalue weighted by Crippen LogP contribution is -2.28. The number of ether oxygens (including phenoxy) is 1. The average Bonchev–Trinajstić information content (AvgIpc) is 2.78. The van der Waals surface area contributed by atoms with Gasteiger partial charge in [-0.3, -0.25) is 9.52 Å². The molecule has 0 bridgehead atoms. The van der Waals surface area contributed by atoms with Gasteiger partial charge in [0, 0.05) is 17.3 Å². The first kappa shape index (κ1) is 25.5. The Hall–Kier alpha value is -3.12. The highest BCUT2D eigenvalue weighted by atomic mass is 35.5. The van der Waals surface area contributed by atoms with E-state index in [-0.39, 0.29) is 22.9 Å². The molecule has 180 valence electrons. The third kappa shape index (κ3) is 6.94. The van der Waals surface area contributed by atoms with Gasteiger partial charge in [-0.1, -0.05) is 23.7 Å². The monoisotopic (exact) mass is 523 g/mol. The number of rotatable bonds is 9. The smallest absolute Gasteiger partial charge is 0.261 e. The van der Waals surface area contributed by atoms with Crippen molar-refractivity contribution in [3.63, 3.8) is 0 Å². The lowest BCUT2D eigenvalue weighted by Gasteiger charge is -2.12. The number of amides is 1. The molecule has 0 heterocycles. The van der Waals surface area contributed by atoms with Crippen molar-refractivity contribution in [1.29, 1.82) is 0 Å². The molecule has 1 amide bonds. The first-order valence-electron chi connectivity index (χ1n) is 9.84. The summed E-state index contributed by atoms with van der Waals surface area (Å²) in [6.45, 7) is 1.55. The first-order valence-corrected chi connectivity index (χ1v) is 13.2. The third-order valence-corrected chi connectivity index (χ3v) is 7.21. The molecule has 34 heavy (non-hydrogen) atoms. The summed E-state index contributed by atoms with van der Waals surface area (Å²) in [5.74, 6) is -0.0471. The highest BCUT2D eigenvalue weighted by Crippen LogP contribution is 2.24. The van der Waals surface area contributed by atoms with Crippen molar-refractivity contribution in [2.45, 2.75) is 23.3 Å². The van der Waals surface area contributed by atoms with Crippen LogP contribution in [-0.4, -0.2) is 29.3 Å². The maximum Gasteiger partial charge on any atom is 0.261 e. The number of nitrogens with one attached hydrogen (secondary N) is 2. The zero-order valence-corrected chi connectivity index (χ0v) is 20.4. The van der Waals surface area contributed by atoms with E-state index in [1.807, 2.05) is 0 Å². The van der Waals surface area contributed by atoms with Crippen LogP contribution in [0.4, 0.5) is 5.69 Å². The van der Waals surface area contributed by atoms with Crippen molar-refractivity contribution in [1.82, 2.24) is 5.32 Å². The Labute approximate surface area is 203 Å². The first-order chi connectivity index (χ1) is 15.9. The molecule has 12 heteroatoms. The van der Waals surface area contributed by atoms with Crippen LogP contribution in [0.5, 0.6) is 5.75 Å². The van der Waals surface area contributed by atoms with Gasteiger partial charge in [-0.25, -0.2) is 22.0 Å². The number of aryl methyl sites for hydroxylation is 1. The van der Waals surface area contributed by atoms with Crippen LogP contribution in [-0.2, 0) is 31.4 Å². The van der Waals surface area contributed by atoms with Gasteiger partial charge >= 0.3 is 0 Å². The van der Waals surface area contributed by atoms with Crippen LogP contribution in [0.3, 0.4) is 0 Å². The predicted molar refractivity (Wildman–Crippen MR) is 129 cm³/mol.